The van der Waals surface area contributed by atoms with Gasteiger partial charge in [0.1, 0.15) is 10.6 Å². The maximum Gasteiger partial charge on any atom is 0.247 e. The predicted molar refractivity (Wildman–Crippen MR) is 103 cm³/mol. The quantitative estimate of drug-likeness (QED) is 0.646. The van der Waals surface area contributed by atoms with Gasteiger partial charge in [-0.05, 0) is 38.5 Å². The third-order valence-electron chi connectivity index (χ3n) is 4.33. The highest BCUT2D eigenvalue weighted by atomic mass is 32.2. The number of unbranched alkanes of at least 4 members (excludes halogenated alkanes) is 2. The zero-order valence-corrected chi connectivity index (χ0v) is 17.6. The van der Waals surface area contributed by atoms with E-state index in [4.69, 9.17) is 4.74 Å². The fourth-order valence-corrected chi connectivity index (χ4v) is 6.28. The summed E-state index contributed by atoms with van der Waals surface area (Å²) in [6.45, 7) is 5.36. The molecule has 0 atom stereocenters. The number of carbonyl (C=O) groups excluding carboxylic acids is 1. The van der Waals surface area contributed by atoms with E-state index < -0.39 is 31.4 Å². The highest BCUT2D eigenvalue weighted by molar-refractivity contribution is 7.94. The van der Waals surface area contributed by atoms with Gasteiger partial charge in [0.2, 0.25) is 26.0 Å². The van der Waals surface area contributed by atoms with E-state index in [1.807, 2.05) is 6.92 Å². The van der Waals surface area contributed by atoms with Crippen molar-refractivity contribution in [3.8, 4) is 5.75 Å². The van der Waals surface area contributed by atoms with Crippen LogP contribution in [-0.2, 0) is 24.8 Å². The van der Waals surface area contributed by atoms with Gasteiger partial charge in [-0.15, -0.1) is 0 Å². The molecule has 8 nitrogen and oxygen atoms in total. The SMILES string of the molecule is CCCCCNS(=O)(=O)c1cc(N2C(=O)C(C)(C)CS2(=O)=O)ccc1OC. The maximum absolute atomic E-state index is 12.7. The zero-order chi connectivity index (χ0) is 20.5. The molecule has 1 aliphatic rings. The maximum atomic E-state index is 12.7. The molecular weight excluding hydrogens is 392 g/mol. The second-order valence-corrected chi connectivity index (χ2v) is 10.7. The van der Waals surface area contributed by atoms with Crippen LogP contribution < -0.4 is 13.8 Å². The van der Waals surface area contributed by atoms with Crippen LogP contribution in [0.25, 0.3) is 0 Å². The predicted octanol–water partition coefficient (Wildman–Crippen LogP) is 1.87. The summed E-state index contributed by atoms with van der Waals surface area (Å²) in [5.41, 5.74) is -1.09. The number of methoxy groups -OCH3 is 1. The van der Waals surface area contributed by atoms with Crippen LogP contribution in [0.4, 0.5) is 5.69 Å². The highest BCUT2D eigenvalue weighted by Crippen LogP contribution is 2.38. The summed E-state index contributed by atoms with van der Waals surface area (Å²) < 4.78 is 58.5. The van der Waals surface area contributed by atoms with Gasteiger partial charge in [-0.25, -0.2) is 25.9 Å². The molecule has 1 aromatic rings. The lowest BCUT2D eigenvalue weighted by Gasteiger charge is -2.19. The average molecular weight is 419 g/mol. The minimum Gasteiger partial charge on any atom is -0.495 e. The number of anilines is 1. The first kappa shape index (κ1) is 21.6. The molecule has 27 heavy (non-hydrogen) atoms. The fraction of sp³-hybridized carbons (Fsp3) is 0.588. The van der Waals surface area contributed by atoms with Gasteiger partial charge in [0.25, 0.3) is 0 Å². The molecule has 1 fully saturated rings. The van der Waals surface area contributed by atoms with E-state index in [0.717, 1.165) is 18.9 Å². The number of nitrogens with one attached hydrogen (secondary N) is 1. The lowest BCUT2D eigenvalue weighted by atomic mass is 9.95. The second kappa shape index (κ2) is 7.76. The van der Waals surface area contributed by atoms with Crippen molar-refractivity contribution >= 4 is 31.6 Å². The Balaban J connectivity index is 2.45. The number of rotatable bonds is 8. The van der Waals surface area contributed by atoms with E-state index in [9.17, 15) is 21.6 Å². The Morgan fingerprint density at radius 1 is 1.26 bits per heavy atom. The molecule has 1 aromatic carbocycles. The molecule has 1 N–H and O–H groups in total. The molecule has 1 amide bonds. The summed E-state index contributed by atoms with van der Waals surface area (Å²) in [5, 5.41) is 0. The molecule has 0 unspecified atom stereocenters. The number of hydrogen-bond donors (Lipinski definition) is 1. The van der Waals surface area contributed by atoms with E-state index in [2.05, 4.69) is 4.72 Å². The van der Waals surface area contributed by atoms with Crippen LogP contribution in [0.1, 0.15) is 40.0 Å². The van der Waals surface area contributed by atoms with Crippen LogP contribution in [0.3, 0.4) is 0 Å². The van der Waals surface area contributed by atoms with Crippen LogP contribution in [0, 0.1) is 5.41 Å². The minimum atomic E-state index is -3.93. The van der Waals surface area contributed by atoms with E-state index in [1.165, 1.54) is 19.2 Å². The van der Waals surface area contributed by atoms with Crippen LogP contribution in [-0.4, -0.2) is 42.2 Å². The summed E-state index contributed by atoms with van der Waals surface area (Å²) in [4.78, 5) is 12.4. The summed E-state index contributed by atoms with van der Waals surface area (Å²) in [6, 6.07) is 3.88. The van der Waals surface area contributed by atoms with Gasteiger partial charge in [-0.1, -0.05) is 19.8 Å². The molecular formula is C17H26N2O6S2. The molecule has 0 aliphatic carbocycles. The summed E-state index contributed by atoms with van der Waals surface area (Å²) in [7, 11) is -6.48. The largest absolute Gasteiger partial charge is 0.495 e. The van der Waals surface area contributed by atoms with Gasteiger partial charge in [0, 0.05) is 6.54 Å². The standard InChI is InChI=1S/C17H26N2O6S2/c1-5-6-7-10-18-27(23,24)15-11-13(8-9-14(15)25-4)19-16(20)17(2,3)12-26(19,21)22/h8-9,11,18H,5-7,10,12H2,1-4H3. The normalized spacial score (nSPS) is 18.7. The molecule has 0 bridgehead atoms. The summed E-state index contributed by atoms with van der Waals surface area (Å²) >= 11 is 0. The first-order valence-corrected chi connectivity index (χ1v) is 11.8. The Morgan fingerprint density at radius 2 is 1.93 bits per heavy atom. The molecule has 0 spiro atoms. The first-order valence-electron chi connectivity index (χ1n) is 8.71. The lowest BCUT2D eigenvalue weighted by molar-refractivity contribution is -0.123. The second-order valence-electron chi connectivity index (χ2n) is 7.15. The highest BCUT2D eigenvalue weighted by Gasteiger charge is 2.50. The Bertz CT molecular complexity index is 923. The smallest absolute Gasteiger partial charge is 0.247 e. The number of sulfonamides is 2. The van der Waals surface area contributed by atoms with Crippen molar-refractivity contribution in [1.29, 1.82) is 0 Å². The van der Waals surface area contributed by atoms with E-state index >= 15 is 0 Å². The van der Waals surface area contributed by atoms with Crippen molar-refractivity contribution in [2.45, 2.75) is 44.9 Å². The fourth-order valence-electron chi connectivity index (χ4n) is 2.92. The van der Waals surface area contributed by atoms with Crippen molar-refractivity contribution < 1.29 is 26.4 Å². The first-order chi connectivity index (χ1) is 12.5. The summed E-state index contributed by atoms with van der Waals surface area (Å²) in [5.74, 6) is -0.848. The van der Waals surface area contributed by atoms with Crippen molar-refractivity contribution in [2.24, 2.45) is 5.41 Å². The van der Waals surface area contributed by atoms with Crippen LogP contribution in [0.15, 0.2) is 23.1 Å². The van der Waals surface area contributed by atoms with Gasteiger partial charge in [0.05, 0.1) is 24.0 Å². The number of amides is 1. The zero-order valence-electron chi connectivity index (χ0n) is 16.0. The van der Waals surface area contributed by atoms with Gasteiger partial charge in [-0.3, -0.25) is 4.79 Å². The molecule has 0 saturated carbocycles. The van der Waals surface area contributed by atoms with E-state index in [0.29, 0.717) is 10.7 Å². The number of hydrogen-bond acceptors (Lipinski definition) is 6. The van der Waals surface area contributed by atoms with Gasteiger partial charge < -0.3 is 4.74 Å². The van der Waals surface area contributed by atoms with E-state index in [-0.39, 0.29) is 28.6 Å². The Hall–Kier alpha value is -1.65. The lowest BCUT2D eigenvalue weighted by Crippen LogP contribution is -2.33. The Morgan fingerprint density at radius 3 is 2.44 bits per heavy atom. The number of benzene rings is 1. The minimum absolute atomic E-state index is 0.0136. The third kappa shape index (κ3) is 4.44. The average Bonchev–Trinajstić information content (AvgIpc) is 2.74. The van der Waals surface area contributed by atoms with Crippen LogP contribution in [0.2, 0.25) is 0 Å². The van der Waals surface area contributed by atoms with Gasteiger partial charge in [-0.2, -0.15) is 0 Å². The molecule has 152 valence electrons. The van der Waals surface area contributed by atoms with Crippen molar-refractivity contribution in [1.82, 2.24) is 4.72 Å². The number of carbonyl (C=O) groups is 1. The van der Waals surface area contributed by atoms with Crippen molar-refractivity contribution in [3.05, 3.63) is 18.2 Å². The molecule has 2 rings (SSSR count). The molecule has 0 radical (unpaired) electrons. The molecule has 1 aliphatic heterocycles. The number of nitrogens with zero attached hydrogens (tertiary/aromatic N) is 1. The Labute approximate surface area is 161 Å². The van der Waals surface area contributed by atoms with Crippen LogP contribution >= 0.6 is 0 Å². The van der Waals surface area contributed by atoms with Gasteiger partial charge in [0.15, 0.2) is 0 Å². The van der Waals surface area contributed by atoms with E-state index in [1.54, 1.807) is 13.8 Å². The van der Waals surface area contributed by atoms with Crippen molar-refractivity contribution in [2.75, 3.05) is 23.7 Å². The number of ether oxygens (including phenoxy) is 1. The van der Waals surface area contributed by atoms with Crippen molar-refractivity contribution in [3.63, 3.8) is 0 Å². The topological polar surface area (TPSA) is 110 Å². The Kier molecular flexibility index (Phi) is 6.23. The summed E-state index contributed by atoms with van der Waals surface area (Å²) in [6.07, 6.45) is 2.52. The molecule has 1 saturated heterocycles. The van der Waals surface area contributed by atoms with Crippen LogP contribution in [0.5, 0.6) is 5.75 Å². The third-order valence-corrected chi connectivity index (χ3v) is 7.83. The molecule has 10 heteroatoms. The monoisotopic (exact) mass is 418 g/mol. The molecule has 0 aromatic heterocycles. The van der Waals surface area contributed by atoms with Gasteiger partial charge >= 0.3 is 0 Å². The molecule has 1 heterocycles.